The first-order valence-electron chi connectivity index (χ1n) is 7.80. The molecular formula is C16H19Cl3N2O2. The molecule has 3 rings (SSSR count). The lowest BCUT2D eigenvalue weighted by atomic mass is 9.92. The van der Waals surface area contributed by atoms with E-state index in [9.17, 15) is 4.79 Å². The van der Waals surface area contributed by atoms with Gasteiger partial charge in [-0.25, -0.2) is 0 Å². The van der Waals surface area contributed by atoms with E-state index < -0.39 is 0 Å². The number of nitrogens with zero attached hydrogens (tertiary/aromatic N) is 1. The van der Waals surface area contributed by atoms with Crippen LogP contribution < -0.4 is 10.1 Å². The van der Waals surface area contributed by atoms with Crippen molar-refractivity contribution in [3.63, 3.8) is 0 Å². The fraction of sp³-hybridized carbons (Fsp3) is 0.562. The van der Waals surface area contributed by atoms with Gasteiger partial charge in [0, 0.05) is 19.2 Å². The number of benzene rings is 1. The SMILES string of the molecule is O=C(COc1cc(Cl)c(Cl)cc1Cl)N1CC[C@@H]2CNC[C@@H]2CC1. The number of hydrogen-bond acceptors (Lipinski definition) is 3. The zero-order chi connectivity index (χ0) is 16.4. The summed E-state index contributed by atoms with van der Waals surface area (Å²) in [6.45, 7) is 3.69. The van der Waals surface area contributed by atoms with Gasteiger partial charge in [0.15, 0.2) is 6.61 Å². The Morgan fingerprint density at radius 3 is 2.35 bits per heavy atom. The summed E-state index contributed by atoms with van der Waals surface area (Å²) in [5, 5.41) is 4.50. The molecule has 1 aromatic carbocycles. The Morgan fingerprint density at radius 1 is 1.09 bits per heavy atom. The van der Waals surface area contributed by atoms with Crippen molar-refractivity contribution < 1.29 is 9.53 Å². The molecule has 0 unspecified atom stereocenters. The van der Waals surface area contributed by atoms with Crippen molar-refractivity contribution in [3.05, 3.63) is 27.2 Å². The average Bonchev–Trinajstić information content (AvgIpc) is 2.88. The third-order valence-corrected chi connectivity index (χ3v) is 5.72. The van der Waals surface area contributed by atoms with Crippen molar-refractivity contribution in [1.82, 2.24) is 10.2 Å². The number of rotatable bonds is 3. The van der Waals surface area contributed by atoms with Crippen LogP contribution in [0.3, 0.4) is 0 Å². The van der Waals surface area contributed by atoms with Crippen LogP contribution in [0.25, 0.3) is 0 Å². The van der Waals surface area contributed by atoms with E-state index in [1.54, 1.807) is 0 Å². The molecule has 2 saturated heterocycles. The van der Waals surface area contributed by atoms with Crippen LogP contribution in [0.1, 0.15) is 12.8 Å². The summed E-state index contributed by atoms with van der Waals surface area (Å²) in [5.74, 6) is 1.75. The number of ether oxygens (including phenoxy) is 1. The van der Waals surface area contributed by atoms with Gasteiger partial charge in [-0.3, -0.25) is 4.79 Å². The maximum Gasteiger partial charge on any atom is 0.260 e. The molecule has 0 radical (unpaired) electrons. The predicted molar refractivity (Wildman–Crippen MR) is 92.6 cm³/mol. The second kappa shape index (κ2) is 7.47. The number of likely N-dealkylation sites (tertiary alicyclic amines) is 1. The zero-order valence-corrected chi connectivity index (χ0v) is 14.9. The first-order chi connectivity index (χ1) is 11.0. The largest absolute Gasteiger partial charge is 0.482 e. The van der Waals surface area contributed by atoms with Crippen molar-refractivity contribution in [1.29, 1.82) is 0 Å². The summed E-state index contributed by atoms with van der Waals surface area (Å²) < 4.78 is 5.54. The molecule has 0 saturated carbocycles. The predicted octanol–water partition coefficient (Wildman–Crippen LogP) is 3.48. The van der Waals surface area contributed by atoms with Crippen molar-refractivity contribution in [2.75, 3.05) is 32.8 Å². The molecule has 2 atom stereocenters. The molecule has 1 N–H and O–H groups in total. The molecular weight excluding hydrogens is 359 g/mol. The van der Waals surface area contributed by atoms with Crippen molar-refractivity contribution in [2.24, 2.45) is 11.8 Å². The quantitative estimate of drug-likeness (QED) is 0.820. The standard InChI is InChI=1S/C16H19Cl3N2O2/c17-12-5-14(19)15(6-13(12)18)23-9-16(22)21-3-1-10-7-20-8-11(10)2-4-21/h5-6,10-11,20H,1-4,7-9H2/t10-,11+. The number of carbonyl (C=O) groups is 1. The average molecular weight is 378 g/mol. The maximum absolute atomic E-state index is 12.4. The first kappa shape index (κ1) is 17.2. The van der Waals surface area contributed by atoms with Crippen molar-refractivity contribution in [2.45, 2.75) is 12.8 Å². The molecule has 2 heterocycles. The Morgan fingerprint density at radius 2 is 1.70 bits per heavy atom. The highest BCUT2D eigenvalue weighted by atomic mass is 35.5. The molecule has 1 amide bonds. The molecule has 0 aromatic heterocycles. The van der Waals surface area contributed by atoms with E-state index in [1.807, 2.05) is 4.90 Å². The third-order valence-electron chi connectivity index (χ3n) is 4.70. The number of halogens is 3. The monoisotopic (exact) mass is 376 g/mol. The zero-order valence-electron chi connectivity index (χ0n) is 12.7. The van der Waals surface area contributed by atoms with Crippen LogP contribution in [0.2, 0.25) is 15.1 Å². The number of amides is 1. The van der Waals surface area contributed by atoms with Crippen LogP contribution >= 0.6 is 34.8 Å². The molecule has 1 aromatic rings. The van der Waals surface area contributed by atoms with E-state index in [0.717, 1.165) is 39.0 Å². The van der Waals surface area contributed by atoms with Gasteiger partial charge >= 0.3 is 0 Å². The van der Waals surface area contributed by atoms with E-state index in [1.165, 1.54) is 12.1 Å². The molecule has 23 heavy (non-hydrogen) atoms. The fourth-order valence-electron chi connectivity index (χ4n) is 3.31. The minimum absolute atomic E-state index is 0.0138. The number of carbonyl (C=O) groups excluding carboxylic acids is 1. The van der Waals surface area contributed by atoms with Crippen LogP contribution in [0, 0.1) is 11.8 Å². The second-order valence-corrected chi connectivity index (χ2v) is 7.34. The van der Waals surface area contributed by atoms with E-state index in [-0.39, 0.29) is 12.5 Å². The molecule has 7 heteroatoms. The van der Waals surface area contributed by atoms with Crippen LogP contribution in [-0.4, -0.2) is 43.6 Å². The smallest absolute Gasteiger partial charge is 0.260 e. The van der Waals surface area contributed by atoms with Crippen LogP contribution in [0.5, 0.6) is 5.75 Å². The van der Waals surface area contributed by atoms with E-state index in [4.69, 9.17) is 39.5 Å². The van der Waals surface area contributed by atoms with Gasteiger partial charge in [-0.05, 0) is 43.8 Å². The van der Waals surface area contributed by atoms with Gasteiger partial charge in [0.05, 0.1) is 15.1 Å². The number of hydrogen-bond donors (Lipinski definition) is 1. The highest BCUT2D eigenvalue weighted by molar-refractivity contribution is 6.43. The first-order valence-corrected chi connectivity index (χ1v) is 8.94. The van der Waals surface area contributed by atoms with E-state index >= 15 is 0 Å². The molecule has 4 nitrogen and oxygen atoms in total. The Hall–Kier alpha value is -0.680. The van der Waals surface area contributed by atoms with Gasteiger partial charge in [0.25, 0.3) is 5.91 Å². The van der Waals surface area contributed by atoms with Gasteiger partial charge in [-0.15, -0.1) is 0 Å². The summed E-state index contributed by atoms with van der Waals surface area (Å²) >= 11 is 17.9. The Bertz CT molecular complexity index is 583. The molecule has 0 spiro atoms. The Balaban J connectivity index is 1.56. The normalized spacial score (nSPS) is 24.2. The van der Waals surface area contributed by atoms with E-state index in [0.29, 0.717) is 32.7 Å². The molecule has 0 aliphatic carbocycles. The summed E-state index contributed by atoms with van der Waals surface area (Å²) in [4.78, 5) is 14.3. The van der Waals surface area contributed by atoms with Gasteiger partial charge in [-0.2, -0.15) is 0 Å². The van der Waals surface area contributed by atoms with Gasteiger partial charge in [-0.1, -0.05) is 34.8 Å². The summed E-state index contributed by atoms with van der Waals surface area (Å²) in [6.07, 6.45) is 2.11. The number of fused-ring (bicyclic) bond motifs is 1. The van der Waals surface area contributed by atoms with Gasteiger partial charge < -0.3 is 15.0 Å². The topological polar surface area (TPSA) is 41.6 Å². The summed E-state index contributed by atoms with van der Waals surface area (Å²) in [7, 11) is 0. The van der Waals surface area contributed by atoms with Crippen LogP contribution in [0.15, 0.2) is 12.1 Å². The lowest BCUT2D eigenvalue weighted by Gasteiger charge is -2.21. The van der Waals surface area contributed by atoms with Crippen molar-refractivity contribution in [3.8, 4) is 5.75 Å². The summed E-state index contributed by atoms with van der Waals surface area (Å²) in [6, 6.07) is 3.06. The molecule has 2 fully saturated rings. The van der Waals surface area contributed by atoms with E-state index in [2.05, 4.69) is 5.32 Å². The Labute approximate surface area is 151 Å². The Kier molecular flexibility index (Phi) is 5.57. The molecule has 126 valence electrons. The third kappa shape index (κ3) is 4.05. The number of nitrogens with one attached hydrogen (secondary N) is 1. The minimum Gasteiger partial charge on any atom is -0.482 e. The lowest BCUT2D eigenvalue weighted by molar-refractivity contribution is -0.133. The second-order valence-electron chi connectivity index (χ2n) is 6.12. The fourth-order valence-corrected chi connectivity index (χ4v) is 3.90. The summed E-state index contributed by atoms with van der Waals surface area (Å²) in [5.41, 5.74) is 0. The molecule has 2 aliphatic rings. The highest BCUT2D eigenvalue weighted by Gasteiger charge is 2.31. The lowest BCUT2D eigenvalue weighted by Crippen LogP contribution is -2.36. The highest BCUT2D eigenvalue weighted by Crippen LogP contribution is 2.34. The molecule has 0 bridgehead atoms. The van der Waals surface area contributed by atoms with Crippen LogP contribution in [0.4, 0.5) is 0 Å². The minimum atomic E-state index is -0.0364. The van der Waals surface area contributed by atoms with Gasteiger partial charge in [0.1, 0.15) is 5.75 Å². The van der Waals surface area contributed by atoms with Gasteiger partial charge in [0.2, 0.25) is 0 Å². The molecule has 2 aliphatic heterocycles. The maximum atomic E-state index is 12.4. The van der Waals surface area contributed by atoms with Crippen LogP contribution in [-0.2, 0) is 4.79 Å². The van der Waals surface area contributed by atoms with Crippen molar-refractivity contribution >= 4 is 40.7 Å².